The molecule has 0 aliphatic rings. The van der Waals surface area contributed by atoms with Crippen LogP contribution in [-0.4, -0.2) is 17.5 Å². The molecule has 5 heteroatoms. The minimum Gasteiger partial charge on any atom is -0.326 e. The number of nitrogens with zero attached hydrogens (tertiary/aromatic N) is 1. The standard InChI is InChI=1S/C19H19N3O2/c1-14(8-9-16-6-4-3-5-7-16)21-22-19(24)17-10-12-18(13-11-17)20-15(2)23/h3-13H,1-2H3,(H,20,23)(H,22,24). The van der Waals surface area contributed by atoms with Gasteiger partial charge in [-0.3, -0.25) is 9.59 Å². The first kappa shape index (κ1) is 17.1. The monoisotopic (exact) mass is 321 g/mol. The minimum atomic E-state index is -0.308. The molecule has 0 bridgehead atoms. The molecule has 0 atom stereocenters. The van der Waals surface area contributed by atoms with Crippen LogP contribution in [-0.2, 0) is 4.79 Å². The van der Waals surface area contributed by atoms with Gasteiger partial charge in [-0.15, -0.1) is 0 Å². The summed E-state index contributed by atoms with van der Waals surface area (Å²) in [7, 11) is 0. The molecule has 2 rings (SSSR count). The summed E-state index contributed by atoms with van der Waals surface area (Å²) in [6.45, 7) is 3.24. The van der Waals surface area contributed by atoms with E-state index in [2.05, 4.69) is 15.8 Å². The summed E-state index contributed by atoms with van der Waals surface area (Å²) in [6, 6.07) is 16.4. The van der Waals surface area contributed by atoms with Gasteiger partial charge in [-0.25, -0.2) is 5.43 Å². The van der Waals surface area contributed by atoms with Gasteiger partial charge in [-0.1, -0.05) is 36.4 Å². The second-order valence-electron chi connectivity index (χ2n) is 5.20. The molecular weight excluding hydrogens is 302 g/mol. The largest absolute Gasteiger partial charge is 0.326 e. The molecule has 0 aromatic heterocycles. The van der Waals surface area contributed by atoms with Crippen molar-refractivity contribution in [1.82, 2.24) is 5.43 Å². The Hall–Kier alpha value is -3.21. The van der Waals surface area contributed by atoms with E-state index in [1.165, 1.54) is 6.92 Å². The van der Waals surface area contributed by atoms with Crippen molar-refractivity contribution in [1.29, 1.82) is 0 Å². The average molecular weight is 321 g/mol. The summed E-state index contributed by atoms with van der Waals surface area (Å²) in [5.74, 6) is -0.463. The number of hydrogen-bond donors (Lipinski definition) is 2. The lowest BCUT2D eigenvalue weighted by atomic mass is 10.2. The van der Waals surface area contributed by atoms with Gasteiger partial charge in [0.15, 0.2) is 0 Å². The molecular formula is C19H19N3O2. The van der Waals surface area contributed by atoms with E-state index in [-0.39, 0.29) is 11.8 Å². The number of hydrazone groups is 1. The Morgan fingerprint density at radius 1 is 0.958 bits per heavy atom. The van der Waals surface area contributed by atoms with Gasteiger partial charge in [0.1, 0.15) is 0 Å². The van der Waals surface area contributed by atoms with Crippen molar-refractivity contribution in [2.24, 2.45) is 5.10 Å². The third-order valence-corrected chi connectivity index (χ3v) is 3.12. The second-order valence-corrected chi connectivity index (χ2v) is 5.20. The number of carbonyl (C=O) groups is 2. The van der Waals surface area contributed by atoms with Crippen molar-refractivity contribution >= 4 is 29.3 Å². The van der Waals surface area contributed by atoms with Gasteiger partial charge < -0.3 is 5.32 Å². The van der Waals surface area contributed by atoms with Gasteiger partial charge in [0.2, 0.25) is 5.91 Å². The molecule has 0 unspecified atom stereocenters. The number of nitrogens with one attached hydrogen (secondary N) is 2. The van der Waals surface area contributed by atoms with Crippen LogP contribution in [0.25, 0.3) is 6.08 Å². The van der Waals surface area contributed by atoms with E-state index < -0.39 is 0 Å². The molecule has 0 saturated heterocycles. The van der Waals surface area contributed by atoms with Crippen LogP contribution in [0.15, 0.2) is 65.8 Å². The minimum absolute atomic E-state index is 0.155. The Bertz CT molecular complexity index is 763. The van der Waals surface area contributed by atoms with Crippen molar-refractivity contribution in [3.8, 4) is 0 Å². The van der Waals surface area contributed by atoms with E-state index >= 15 is 0 Å². The predicted molar refractivity (Wildman–Crippen MR) is 96.8 cm³/mol. The summed E-state index contributed by atoms with van der Waals surface area (Å²) in [5, 5.41) is 6.69. The maximum Gasteiger partial charge on any atom is 0.271 e. The van der Waals surface area contributed by atoms with E-state index in [0.717, 1.165) is 5.56 Å². The number of carbonyl (C=O) groups excluding carboxylic acids is 2. The molecule has 0 saturated carbocycles. The summed E-state index contributed by atoms with van der Waals surface area (Å²) >= 11 is 0. The van der Waals surface area contributed by atoms with E-state index in [0.29, 0.717) is 17.0 Å². The van der Waals surface area contributed by atoms with Crippen molar-refractivity contribution in [3.05, 3.63) is 71.8 Å². The van der Waals surface area contributed by atoms with Crippen LogP contribution in [0.5, 0.6) is 0 Å². The first-order valence-corrected chi connectivity index (χ1v) is 7.50. The highest BCUT2D eigenvalue weighted by molar-refractivity contribution is 5.99. The first-order valence-electron chi connectivity index (χ1n) is 7.50. The van der Waals surface area contributed by atoms with E-state index in [4.69, 9.17) is 0 Å². The van der Waals surface area contributed by atoms with Crippen LogP contribution >= 0.6 is 0 Å². The lowest BCUT2D eigenvalue weighted by molar-refractivity contribution is -0.114. The van der Waals surface area contributed by atoms with Crippen LogP contribution in [0.2, 0.25) is 0 Å². The molecule has 5 nitrogen and oxygen atoms in total. The molecule has 0 aliphatic heterocycles. The van der Waals surface area contributed by atoms with Crippen molar-refractivity contribution in [2.75, 3.05) is 5.32 Å². The molecule has 2 aromatic carbocycles. The summed E-state index contributed by atoms with van der Waals surface area (Å²) in [6.07, 6.45) is 3.75. The van der Waals surface area contributed by atoms with E-state index in [1.807, 2.05) is 42.5 Å². The average Bonchev–Trinajstić information content (AvgIpc) is 2.59. The summed E-state index contributed by atoms with van der Waals surface area (Å²) < 4.78 is 0. The lowest BCUT2D eigenvalue weighted by Crippen LogP contribution is -2.18. The van der Waals surface area contributed by atoms with Crippen LogP contribution < -0.4 is 10.7 Å². The Balaban J connectivity index is 1.94. The SMILES string of the molecule is CC(=O)Nc1ccc(C(=O)NN=C(C)C=Cc2ccccc2)cc1. The topological polar surface area (TPSA) is 70.6 Å². The van der Waals surface area contributed by atoms with Crippen LogP contribution in [0.1, 0.15) is 29.8 Å². The quantitative estimate of drug-likeness (QED) is 0.654. The number of hydrogen-bond acceptors (Lipinski definition) is 3. The van der Waals surface area contributed by atoms with E-state index in [9.17, 15) is 9.59 Å². The number of benzene rings is 2. The van der Waals surface area contributed by atoms with Gasteiger partial charge >= 0.3 is 0 Å². The highest BCUT2D eigenvalue weighted by Gasteiger charge is 2.04. The molecule has 0 radical (unpaired) electrons. The number of allylic oxidation sites excluding steroid dienone is 1. The molecule has 0 spiro atoms. The third kappa shape index (κ3) is 5.53. The Kier molecular flexibility index (Phi) is 6.02. The molecule has 2 amide bonds. The smallest absolute Gasteiger partial charge is 0.271 e. The lowest BCUT2D eigenvalue weighted by Gasteiger charge is -2.04. The Morgan fingerprint density at radius 2 is 1.62 bits per heavy atom. The Morgan fingerprint density at radius 3 is 2.25 bits per heavy atom. The molecule has 24 heavy (non-hydrogen) atoms. The number of anilines is 1. The molecule has 2 aromatic rings. The Labute approximate surface area is 141 Å². The number of rotatable bonds is 5. The van der Waals surface area contributed by atoms with Gasteiger partial charge in [0, 0.05) is 18.2 Å². The molecule has 122 valence electrons. The van der Waals surface area contributed by atoms with Crippen molar-refractivity contribution < 1.29 is 9.59 Å². The zero-order valence-electron chi connectivity index (χ0n) is 13.6. The molecule has 0 heterocycles. The summed E-state index contributed by atoms with van der Waals surface area (Å²) in [5.41, 5.74) is 5.36. The van der Waals surface area contributed by atoms with Crippen LogP contribution in [0.3, 0.4) is 0 Å². The van der Waals surface area contributed by atoms with Gasteiger partial charge in [-0.05, 0) is 42.8 Å². The zero-order valence-corrected chi connectivity index (χ0v) is 13.6. The maximum atomic E-state index is 12.0. The molecule has 0 aliphatic carbocycles. The normalized spacial score (nSPS) is 11.3. The predicted octanol–water partition coefficient (Wildman–Crippen LogP) is 3.46. The summed E-state index contributed by atoms with van der Waals surface area (Å²) in [4.78, 5) is 23.0. The second kappa shape index (κ2) is 8.43. The van der Waals surface area contributed by atoms with Gasteiger partial charge in [0.05, 0.1) is 5.71 Å². The first-order chi connectivity index (χ1) is 11.5. The maximum absolute atomic E-state index is 12.0. The van der Waals surface area contributed by atoms with E-state index in [1.54, 1.807) is 31.2 Å². The van der Waals surface area contributed by atoms with Crippen molar-refractivity contribution in [2.45, 2.75) is 13.8 Å². The fraction of sp³-hybridized carbons (Fsp3) is 0.105. The fourth-order valence-corrected chi connectivity index (χ4v) is 1.93. The highest BCUT2D eigenvalue weighted by Crippen LogP contribution is 2.09. The zero-order chi connectivity index (χ0) is 17.4. The van der Waals surface area contributed by atoms with Gasteiger partial charge in [-0.2, -0.15) is 5.10 Å². The molecule has 0 fully saturated rings. The van der Waals surface area contributed by atoms with Crippen molar-refractivity contribution in [3.63, 3.8) is 0 Å². The van der Waals surface area contributed by atoms with Crippen LogP contribution in [0, 0.1) is 0 Å². The van der Waals surface area contributed by atoms with Gasteiger partial charge in [0.25, 0.3) is 5.91 Å². The highest BCUT2D eigenvalue weighted by atomic mass is 16.2. The number of amides is 2. The fourth-order valence-electron chi connectivity index (χ4n) is 1.93. The third-order valence-electron chi connectivity index (χ3n) is 3.12. The molecule has 2 N–H and O–H groups in total. The van der Waals surface area contributed by atoms with Crippen LogP contribution in [0.4, 0.5) is 5.69 Å².